The van der Waals surface area contributed by atoms with Gasteiger partial charge in [0.25, 0.3) is 5.91 Å². The molecule has 142 valence electrons. The van der Waals surface area contributed by atoms with Crippen LogP contribution in [0.2, 0.25) is 0 Å². The maximum absolute atomic E-state index is 12.5. The van der Waals surface area contributed by atoms with Crippen LogP contribution in [-0.2, 0) is 9.53 Å². The second-order valence-electron chi connectivity index (χ2n) is 6.62. The van der Waals surface area contributed by atoms with Crippen molar-refractivity contribution in [1.29, 1.82) is 0 Å². The highest BCUT2D eigenvalue weighted by molar-refractivity contribution is 5.97. The van der Waals surface area contributed by atoms with E-state index in [0.29, 0.717) is 12.6 Å². The lowest BCUT2D eigenvalue weighted by molar-refractivity contribution is -0.126. The molecule has 0 radical (unpaired) electrons. The topological polar surface area (TPSA) is 67.6 Å². The van der Waals surface area contributed by atoms with Crippen LogP contribution in [0.3, 0.4) is 0 Å². The van der Waals surface area contributed by atoms with E-state index in [9.17, 15) is 4.79 Å². The molecule has 2 atom stereocenters. The number of nitrogens with one attached hydrogen (secondary N) is 1. The summed E-state index contributed by atoms with van der Waals surface area (Å²) in [5.74, 6) is -0.0618. The molecule has 1 heterocycles. The fourth-order valence-electron chi connectivity index (χ4n) is 3.66. The summed E-state index contributed by atoms with van der Waals surface area (Å²) in [5, 5.41) is 3.06. The summed E-state index contributed by atoms with van der Waals surface area (Å²) in [4.78, 5) is 14.8. The molecule has 0 bridgehead atoms. The average molecular weight is 390 g/mol. The summed E-state index contributed by atoms with van der Waals surface area (Å²) < 4.78 is 5.69. The second kappa shape index (κ2) is 10.2. The van der Waals surface area contributed by atoms with Gasteiger partial charge in [0, 0.05) is 19.6 Å². The number of carbonyl (C=O) groups is 1. The lowest BCUT2D eigenvalue weighted by Gasteiger charge is -2.29. The molecule has 3 rings (SSSR count). The van der Waals surface area contributed by atoms with Gasteiger partial charge in [-0.1, -0.05) is 25.0 Å². The Morgan fingerprint density at radius 3 is 2.52 bits per heavy atom. The number of nitrogens with two attached hydrogens (primary N) is 1. The Morgan fingerprint density at radius 2 is 1.88 bits per heavy atom. The van der Waals surface area contributed by atoms with Gasteiger partial charge in [-0.05, 0) is 37.8 Å². The quantitative estimate of drug-likeness (QED) is 0.809. The Hall–Kier alpha value is -1.01. The Kier molecular flexibility index (Phi) is 9.00. The molecule has 0 aromatic heterocycles. The van der Waals surface area contributed by atoms with Crippen molar-refractivity contribution < 1.29 is 9.53 Å². The van der Waals surface area contributed by atoms with Crippen LogP contribution in [0.25, 0.3) is 0 Å². The molecule has 1 aromatic carbocycles. The molecule has 0 unspecified atom stereocenters. The molecule has 1 amide bonds. The number of nitrogens with zero attached hydrogens (tertiary/aromatic N) is 1. The van der Waals surface area contributed by atoms with Gasteiger partial charge in [0.1, 0.15) is 6.10 Å². The number of rotatable bonds is 5. The summed E-state index contributed by atoms with van der Waals surface area (Å²) in [6, 6.07) is 8.59. The van der Waals surface area contributed by atoms with Gasteiger partial charge in [0.15, 0.2) is 0 Å². The number of ether oxygens (including phenoxy) is 1. The third kappa shape index (κ3) is 5.23. The predicted octanol–water partition coefficient (Wildman–Crippen LogP) is 3.35. The summed E-state index contributed by atoms with van der Waals surface area (Å²) >= 11 is 0. The number of amides is 1. The number of anilines is 2. The minimum Gasteiger partial charge on any atom is -0.370 e. The first-order chi connectivity index (χ1) is 11.2. The van der Waals surface area contributed by atoms with Crippen LogP contribution in [0, 0.1) is 0 Å². The molecule has 2 fully saturated rings. The highest BCUT2D eigenvalue weighted by Crippen LogP contribution is 2.32. The molecular weight excluding hydrogens is 361 g/mol. The third-order valence-electron chi connectivity index (χ3n) is 5.08. The standard InChI is InChI=1S/C18H27N3O2.2ClH/c1-21(13-6-2-3-7-13)16-9-5-4-8-15(16)20-18(22)17-11-10-14(12-19)23-17;;/h4-5,8-9,13-14,17H,2-3,6-7,10-12,19H2,1H3,(H,20,22);2*1H/t14-,17+;;/m1../s1. The van der Waals surface area contributed by atoms with E-state index in [0.717, 1.165) is 24.2 Å². The molecule has 25 heavy (non-hydrogen) atoms. The zero-order valence-electron chi connectivity index (χ0n) is 14.6. The van der Waals surface area contributed by atoms with E-state index in [4.69, 9.17) is 10.5 Å². The molecule has 3 N–H and O–H groups in total. The summed E-state index contributed by atoms with van der Waals surface area (Å²) in [6.07, 6.45) is 6.27. The minimum atomic E-state index is -0.381. The van der Waals surface area contributed by atoms with Crippen LogP contribution in [0.15, 0.2) is 24.3 Å². The molecule has 0 spiro atoms. The van der Waals surface area contributed by atoms with Crippen LogP contribution in [0.1, 0.15) is 38.5 Å². The van der Waals surface area contributed by atoms with Crippen molar-refractivity contribution in [2.45, 2.75) is 56.8 Å². The smallest absolute Gasteiger partial charge is 0.253 e. The van der Waals surface area contributed by atoms with E-state index < -0.39 is 0 Å². The van der Waals surface area contributed by atoms with Gasteiger partial charge in [-0.3, -0.25) is 4.79 Å². The van der Waals surface area contributed by atoms with E-state index >= 15 is 0 Å². The Balaban J connectivity index is 0.00000156. The molecule has 2 aliphatic rings. The van der Waals surface area contributed by atoms with E-state index in [2.05, 4.69) is 23.3 Å². The maximum atomic E-state index is 12.5. The largest absolute Gasteiger partial charge is 0.370 e. The fraction of sp³-hybridized carbons (Fsp3) is 0.611. The number of benzene rings is 1. The van der Waals surface area contributed by atoms with Gasteiger partial charge < -0.3 is 20.7 Å². The summed E-state index contributed by atoms with van der Waals surface area (Å²) in [6.45, 7) is 0.477. The van der Waals surface area contributed by atoms with E-state index in [1.54, 1.807) is 0 Å². The first-order valence-electron chi connectivity index (χ1n) is 8.67. The number of hydrogen-bond donors (Lipinski definition) is 2. The van der Waals surface area contributed by atoms with E-state index in [-0.39, 0.29) is 42.9 Å². The normalized spacial score (nSPS) is 22.8. The molecule has 1 saturated heterocycles. The van der Waals surface area contributed by atoms with Gasteiger partial charge in [-0.25, -0.2) is 0 Å². The molecular formula is C18H29Cl2N3O2. The SMILES string of the molecule is CN(c1ccccc1NC(=O)[C@@H]1CC[C@H](CN)O1)C1CCCC1.Cl.Cl. The van der Waals surface area contributed by atoms with Crippen molar-refractivity contribution in [2.75, 3.05) is 23.8 Å². The van der Waals surface area contributed by atoms with Gasteiger partial charge in [-0.15, -0.1) is 24.8 Å². The third-order valence-corrected chi connectivity index (χ3v) is 5.08. The predicted molar refractivity (Wildman–Crippen MR) is 107 cm³/mol. The number of carbonyl (C=O) groups excluding carboxylic acids is 1. The molecule has 1 aliphatic heterocycles. The number of hydrogen-bond acceptors (Lipinski definition) is 4. The molecule has 7 heteroatoms. The van der Waals surface area contributed by atoms with Crippen molar-refractivity contribution in [1.82, 2.24) is 0 Å². The van der Waals surface area contributed by atoms with Gasteiger partial charge in [0.2, 0.25) is 0 Å². The first-order valence-corrected chi connectivity index (χ1v) is 8.67. The zero-order valence-corrected chi connectivity index (χ0v) is 16.3. The first kappa shape index (κ1) is 22.0. The monoisotopic (exact) mass is 389 g/mol. The summed E-state index contributed by atoms with van der Waals surface area (Å²) in [7, 11) is 2.12. The van der Waals surface area contributed by atoms with Gasteiger partial charge >= 0.3 is 0 Å². The second-order valence-corrected chi connectivity index (χ2v) is 6.62. The maximum Gasteiger partial charge on any atom is 0.253 e. The Labute approximate surface area is 162 Å². The van der Waals surface area contributed by atoms with Crippen LogP contribution in [0.4, 0.5) is 11.4 Å². The van der Waals surface area contributed by atoms with Crippen LogP contribution in [-0.4, -0.2) is 37.7 Å². The lowest BCUT2D eigenvalue weighted by atomic mass is 10.1. The highest BCUT2D eigenvalue weighted by atomic mass is 35.5. The van der Waals surface area contributed by atoms with Crippen molar-refractivity contribution in [2.24, 2.45) is 5.73 Å². The molecule has 1 aliphatic carbocycles. The fourth-order valence-corrected chi connectivity index (χ4v) is 3.66. The number of halogens is 2. The molecule has 5 nitrogen and oxygen atoms in total. The van der Waals surface area contributed by atoms with Crippen LogP contribution in [0.5, 0.6) is 0 Å². The van der Waals surface area contributed by atoms with E-state index in [1.165, 1.54) is 25.7 Å². The average Bonchev–Trinajstić information content (AvgIpc) is 3.26. The Morgan fingerprint density at radius 1 is 1.20 bits per heavy atom. The Bertz CT molecular complexity index is 553. The highest BCUT2D eigenvalue weighted by Gasteiger charge is 2.30. The van der Waals surface area contributed by atoms with Crippen molar-refractivity contribution in [3.05, 3.63) is 24.3 Å². The molecule has 1 aromatic rings. The van der Waals surface area contributed by atoms with Crippen LogP contribution < -0.4 is 16.0 Å². The van der Waals surface area contributed by atoms with Crippen LogP contribution >= 0.6 is 24.8 Å². The van der Waals surface area contributed by atoms with E-state index in [1.807, 2.05) is 18.2 Å². The van der Waals surface area contributed by atoms with Gasteiger partial charge in [0.05, 0.1) is 17.5 Å². The van der Waals surface area contributed by atoms with Crippen molar-refractivity contribution in [3.63, 3.8) is 0 Å². The molecule has 1 saturated carbocycles. The lowest BCUT2D eigenvalue weighted by Crippen LogP contribution is -2.32. The summed E-state index contributed by atoms with van der Waals surface area (Å²) in [5.41, 5.74) is 7.57. The number of para-hydroxylation sites is 2. The van der Waals surface area contributed by atoms with Gasteiger partial charge in [-0.2, -0.15) is 0 Å². The van der Waals surface area contributed by atoms with Crippen molar-refractivity contribution >= 4 is 42.1 Å². The minimum absolute atomic E-state index is 0. The zero-order chi connectivity index (χ0) is 16.2. The van der Waals surface area contributed by atoms with Crippen molar-refractivity contribution in [3.8, 4) is 0 Å².